The Labute approximate surface area is 141 Å². The van der Waals surface area contributed by atoms with E-state index >= 15 is 0 Å². The van der Waals surface area contributed by atoms with Gasteiger partial charge >= 0.3 is 0 Å². The van der Waals surface area contributed by atoms with Crippen LogP contribution in [0.2, 0.25) is 0 Å². The average molecular weight is 340 g/mol. The van der Waals surface area contributed by atoms with E-state index in [9.17, 15) is 14.0 Å². The molecule has 2 aromatic heterocycles. The van der Waals surface area contributed by atoms with Crippen LogP contribution in [0, 0.1) is 5.82 Å². The van der Waals surface area contributed by atoms with Crippen LogP contribution in [0.3, 0.4) is 0 Å². The summed E-state index contributed by atoms with van der Waals surface area (Å²) in [4.78, 5) is 27.5. The summed E-state index contributed by atoms with van der Waals surface area (Å²) >= 11 is 0. The molecule has 0 radical (unpaired) electrons. The van der Waals surface area contributed by atoms with Crippen LogP contribution in [0.1, 0.15) is 10.5 Å². The van der Waals surface area contributed by atoms with Crippen LogP contribution in [0.25, 0.3) is 11.3 Å². The lowest BCUT2D eigenvalue weighted by Gasteiger charge is -2.08. The Morgan fingerprint density at radius 3 is 2.64 bits per heavy atom. The monoisotopic (exact) mass is 340 g/mol. The van der Waals surface area contributed by atoms with Crippen molar-refractivity contribution in [3.05, 3.63) is 70.5 Å². The Kier molecular flexibility index (Phi) is 4.25. The van der Waals surface area contributed by atoms with Crippen LogP contribution >= 0.6 is 0 Å². The number of nitrogens with zero attached hydrogens (tertiary/aromatic N) is 3. The highest BCUT2D eigenvalue weighted by atomic mass is 19.1. The van der Waals surface area contributed by atoms with Crippen LogP contribution < -0.4 is 16.0 Å². The summed E-state index contributed by atoms with van der Waals surface area (Å²) < 4.78 is 19.7. The van der Waals surface area contributed by atoms with Crippen molar-refractivity contribution in [1.82, 2.24) is 14.8 Å². The van der Waals surface area contributed by atoms with Crippen molar-refractivity contribution in [3.63, 3.8) is 0 Å². The van der Waals surface area contributed by atoms with Gasteiger partial charge in [-0.25, -0.2) is 9.07 Å². The van der Waals surface area contributed by atoms with Crippen molar-refractivity contribution in [3.8, 4) is 22.8 Å². The molecule has 0 bridgehead atoms. The number of rotatable bonds is 4. The molecular weight excluding hydrogens is 327 g/mol. The quantitative estimate of drug-likeness (QED) is 0.781. The molecule has 1 aromatic carbocycles. The van der Waals surface area contributed by atoms with Crippen LogP contribution in [-0.2, 0) is 7.05 Å². The first kappa shape index (κ1) is 16.3. The molecule has 0 saturated heterocycles. The number of halogens is 1. The van der Waals surface area contributed by atoms with E-state index in [0.29, 0.717) is 17.2 Å². The van der Waals surface area contributed by atoms with E-state index in [1.807, 2.05) is 0 Å². The van der Waals surface area contributed by atoms with E-state index < -0.39 is 17.3 Å². The summed E-state index contributed by atoms with van der Waals surface area (Å²) in [6, 6.07) is 10.0. The molecule has 0 atom stereocenters. The number of pyridine rings is 1. The summed E-state index contributed by atoms with van der Waals surface area (Å²) in [7, 11) is 1.42. The Morgan fingerprint density at radius 2 is 2.00 bits per heavy atom. The third-order valence-electron chi connectivity index (χ3n) is 3.37. The van der Waals surface area contributed by atoms with Gasteiger partial charge in [-0.15, -0.1) is 0 Å². The molecule has 3 aromatic rings. The minimum absolute atomic E-state index is 0.0617. The van der Waals surface area contributed by atoms with E-state index in [1.165, 1.54) is 37.5 Å². The molecule has 0 fully saturated rings. The number of nitrogens with two attached hydrogens (primary N) is 1. The molecule has 0 aliphatic carbocycles. The van der Waals surface area contributed by atoms with Crippen LogP contribution in [0.15, 0.2) is 53.5 Å². The lowest BCUT2D eigenvalue weighted by Crippen LogP contribution is -2.25. The highest BCUT2D eigenvalue weighted by Crippen LogP contribution is 2.24. The van der Waals surface area contributed by atoms with Gasteiger partial charge in [-0.1, -0.05) is 6.07 Å². The molecule has 0 saturated carbocycles. The Morgan fingerprint density at radius 1 is 1.20 bits per heavy atom. The maximum atomic E-state index is 13.2. The number of benzene rings is 1. The maximum absolute atomic E-state index is 13.2. The molecule has 0 spiro atoms. The van der Waals surface area contributed by atoms with Gasteiger partial charge in [0.25, 0.3) is 11.5 Å². The SMILES string of the molecule is Cn1nc(C(N)=O)c(-c2ccc(Oc3cccc(F)c3)cn2)cc1=O. The van der Waals surface area contributed by atoms with E-state index in [0.717, 1.165) is 4.68 Å². The van der Waals surface area contributed by atoms with Gasteiger partial charge in [0, 0.05) is 24.7 Å². The third-order valence-corrected chi connectivity index (χ3v) is 3.37. The zero-order chi connectivity index (χ0) is 18.0. The fourth-order valence-electron chi connectivity index (χ4n) is 2.18. The lowest BCUT2D eigenvalue weighted by atomic mass is 10.1. The molecule has 25 heavy (non-hydrogen) atoms. The normalized spacial score (nSPS) is 10.5. The van der Waals surface area contributed by atoms with Gasteiger partial charge in [0.2, 0.25) is 0 Å². The Bertz CT molecular complexity index is 1000. The molecule has 0 aliphatic heterocycles. The first-order valence-corrected chi connectivity index (χ1v) is 7.22. The summed E-state index contributed by atoms with van der Waals surface area (Å²) in [6.45, 7) is 0. The molecule has 8 heteroatoms. The molecule has 2 N–H and O–H groups in total. The van der Waals surface area contributed by atoms with Crippen molar-refractivity contribution in [1.29, 1.82) is 0 Å². The molecule has 2 heterocycles. The molecule has 3 rings (SSSR count). The molecular formula is C17H13FN4O3. The van der Waals surface area contributed by atoms with Gasteiger partial charge in [-0.05, 0) is 24.3 Å². The Hall–Kier alpha value is -3.55. The third kappa shape index (κ3) is 3.52. The molecule has 0 unspecified atom stereocenters. The van der Waals surface area contributed by atoms with E-state index in [4.69, 9.17) is 10.5 Å². The summed E-state index contributed by atoms with van der Waals surface area (Å²) in [5.41, 5.74) is 5.42. The van der Waals surface area contributed by atoms with E-state index in [2.05, 4.69) is 10.1 Å². The fraction of sp³-hybridized carbons (Fsp3) is 0.0588. The zero-order valence-electron chi connectivity index (χ0n) is 13.1. The second-order valence-electron chi connectivity index (χ2n) is 5.17. The number of aryl methyl sites for hydroxylation is 1. The fourth-order valence-corrected chi connectivity index (χ4v) is 2.18. The summed E-state index contributed by atoms with van der Waals surface area (Å²) in [5, 5.41) is 3.87. The van der Waals surface area contributed by atoms with Crippen molar-refractivity contribution in [2.75, 3.05) is 0 Å². The van der Waals surface area contributed by atoms with Crippen molar-refractivity contribution in [2.24, 2.45) is 12.8 Å². The highest BCUT2D eigenvalue weighted by Gasteiger charge is 2.15. The van der Waals surface area contributed by atoms with Gasteiger partial charge in [0.05, 0.1) is 11.9 Å². The number of carbonyl (C=O) groups is 1. The second-order valence-corrected chi connectivity index (χ2v) is 5.17. The number of amides is 1. The van der Waals surface area contributed by atoms with Crippen molar-refractivity contribution < 1.29 is 13.9 Å². The zero-order valence-corrected chi connectivity index (χ0v) is 13.1. The number of primary amides is 1. The van der Waals surface area contributed by atoms with E-state index in [1.54, 1.807) is 18.2 Å². The van der Waals surface area contributed by atoms with Crippen LogP contribution in [-0.4, -0.2) is 20.7 Å². The minimum atomic E-state index is -0.771. The first-order valence-electron chi connectivity index (χ1n) is 7.22. The lowest BCUT2D eigenvalue weighted by molar-refractivity contribution is 0.0994. The van der Waals surface area contributed by atoms with Gasteiger partial charge in [-0.2, -0.15) is 5.10 Å². The number of aromatic nitrogens is 3. The summed E-state index contributed by atoms with van der Waals surface area (Å²) in [6.07, 6.45) is 1.39. The molecule has 1 amide bonds. The molecule has 7 nitrogen and oxygen atoms in total. The minimum Gasteiger partial charge on any atom is -0.456 e. The number of hydrogen-bond donors (Lipinski definition) is 1. The average Bonchev–Trinajstić information content (AvgIpc) is 2.57. The maximum Gasteiger partial charge on any atom is 0.269 e. The Balaban J connectivity index is 1.94. The number of carbonyl (C=O) groups excluding carboxylic acids is 1. The van der Waals surface area contributed by atoms with Crippen molar-refractivity contribution >= 4 is 5.91 Å². The van der Waals surface area contributed by atoms with Crippen molar-refractivity contribution in [2.45, 2.75) is 0 Å². The predicted octanol–water partition coefficient (Wildman–Crippen LogP) is 1.87. The smallest absolute Gasteiger partial charge is 0.269 e. The van der Waals surface area contributed by atoms with Gasteiger partial charge in [0.15, 0.2) is 5.69 Å². The predicted molar refractivity (Wildman–Crippen MR) is 87.7 cm³/mol. The van der Waals surface area contributed by atoms with E-state index in [-0.39, 0.29) is 11.3 Å². The second kappa shape index (κ2) is 6.52. The standard InChI is InChI=1S/C17H13FN4O3/c1-22-15(23)8-13(16(21-22)17(19)24)14-6-5-12(9-20-14)25-11-4-2-3-10(18)7-11/h2-9H,1H3,(H2,19,24). The van der Waals surface area contributed by atoms with Gasteiger partial charge in [0.1, 0.15) is 17.3 Å². The van der Waals surface area contributed by atoms with Crippen LogP contribution in [0.5, 0.6) is 11.5 Å². The molecule has 0 aliphatic rings. The number of hydrogen-bond acceptors (Lipinski definition) is 5. The summed E-state index contributed by atoms with van der Waals surface area (Å²) in [5.74, 6) is -0.499. The van der Waals surface area contributed by atoms with Gasteiger partial charge < -0.3 is 10.5 Å². The number of ether oxygens (including phenoxy) is 1. The van der Waals surface area contributed by atoms with Gasteiger partial charge in [-0.3, -0.25) is 14.6 Å². The topological polar surface area (TPSA) is 100 Å². The highest BCUT2D eigenvalue weighted by molar-refractivity contribution is 5.97. The first-order chi connectivity index (χ1) is 11.9. The molecule has 126 valence electrons. The van der Waals surface area contributed by atoms with Crippen LogP contribution in [0.4, 0.5) is 4.39 Å². The largest absolute Gasteiger partial charge is 0.456 e.